The monoisotopic (exact) mass is 1120 g/mol. The zero-order valence-electron chi connectivity index (χ0n) is 42.3. The number of benzene rings is 6. The lowest BCUT2D eigenvalue weighted by Gasteiger charge is -1.99. The first-order valence-corrected chi connectivity index (χ1v) is 22.7. The zero-order valence-corrected chi connectivity index (χ0v) is 42.3. The second-order valence-corrected chi connectivity index (χ2v) is 14.5. The number of aromatic hydroxyl groups is 6. The van der Waals surface area contributed by atoms with Crippen LogP contribution in [0.2, 0.25) is 0 Å². The molecule has 0 aromatic heterocycles. The SMILES string of the molecule is C.C.C.C.C.C.CC=NC(=O)Cc1ccc(O)cc1.CC=NC(=O)Cc1cccc(O)c1.CC=NC(=O)Cc1ccccc1O.CC=NC(=O)c1ccc(O)cc1.CC=NC(=O)c1cccc(O)c1.CC=NC(=O)c1ccccc1O. The summed E-state index contributed by atoms with van der Waals surface area (Å²) in [4.78, 5) is 87.9. The van der Waals surface area contributed by atoms with Crippen LogP contribution < -0.4 is 0 Å². The minimum Gasteiger partial charge on any atom is -0.508 e. The Balaban J connectivity index is -0.000000205. The van der Waals surface area contributed by atoms with Gasteiger partial charge in [0.25, 0.3) is 17.7 Å². The maximum absolute atomic E-state index is 11.1. The molecule has 0 spiro atoms. The second-order valence-electron chi connectivity index (χ2n) is 14.5. The maximum Gasteiger partial charge on any atom is 0.280 e. The van der Waals surface area contributed by atoms with Gasteiger partial charge in [-0.3, -0.25) is 28.8 Å². The molecule has 0 saturated heterocycles. The van der Waals surface area contributed by atoms with Crippen molar-refractivity contribution in [1.29, 1.82) is 0 Å². The van der Waals surface area contributed by atoms with Crippen LogP contribution in [0.5, 0.6) is 34.5 Å². The standard InChI is InChI=1S/3C10H11NO2.3C9H9NO2.6CH4/c1-2-11-10(13)7-8-3-5-9(12)6-4-8;1-2-11-10(13)7-8-4-3-5-9(12)6-8;1-2-11-10(13)7-8-5-3-4-6-9(8)12;1-2-10-9(12)7-3-5-8(11)6-4-7;1-2-10-9(12)7-4-3-5-8(11)6-7;1-2-10-9(12)7-5-3-4-6-8(7)11;;;;;;/h3*2-6,12H,7H2,1H3;3*2-6,11H,1H3;6*1H4. The molecular formula is C63H84N6O12. The first-order valence-electron chi connectivity index (χ1n) is 22.7. The van der Waals surface area contributed by atoms with Crippen LogP contribution in [-0.2, 0) is 33.6 Å². The van der Waals surface area contributed by atoms with E-state index in [1.54, 1.807) is 139 Å². The highest BCUT2D eigenvalue weighted by atomic mass is 16.3. The summed E-state index contributed by atoms with van der Waals surface area (Å²) in [6.45, 7) is 10.1. The van der Waals surface area contributed by atoms with E-state index in [1.807, 2.05) is 0 Å². The summed E-state index contributed by atoms with van der Waals surface area (Å²) in [6, 6.07) is 38.3. The Morgan fingerprint density at radius 1 is 0.333 bits per heavy atom. The van der Waals surface area contributed by atoms with E-state index < -0.39 is 5.91 Å². The van der Waals surface area contributed by atoms with Gasteiger partial charge in [-0.05, 0) is 138 Å². The Labute approximate surface area is 479 Å². The van der Waals surface area contributed by atoms with Crippen molar-refractivity contribution < 1.29 is 59.4 Å². The summed E-state index contributed by atoms with van der Waals surface area (Å²) in [5.41, 5.74) is 3.34. The summed E-state index contributed by atoms with van der Waals surface area (Å²) < 4.78 is 0. The van der Waals surface area contributed by atoms with Crippen LogP contribution in [0.3, 0.4) is 0 Å². The minimum atomic E-state index is -0.421. The number of hydrogen-bond acceptors (Lipinski definition) is 12. The smallest absolute Gasteiger partial charge is 0.280 e. The molecule has 438 valence electrons. The van der Waals surface area contributed by atoms with Crippen LogP contribution >= 0.6 is 0 Å². The molecule has 18 nitrogen and oxygen atoms in total. The number of carbonyl (C=O) groups is 6. The Bertz CT molecular complexity index is 2950. The Morgan fingerprint density at radius 3 is 1.16 bits per heavy atom. The van der Waals surface area contributed by atoms with Gasteiger partial charge in [0.2, 0.25) is 17.7 Å². The van der Waals surface area contributed by atoms with E-state index in [0.29, 0.717) is 16.7 Å². The molecule has 18 heteroatoms. The number of rotatable bonds is 9. The summed E-state index contributed by atoms with van der Waals surface area (Å²) in [6.07, 6.45) is 9.31. The highest BCUT2D eigenvalue weighted by Crippen LogP contribution is 2.18. The minimum absolute atomic E-state index is 0. The van der Waals surface area contributed by atoms with Crippen molar-refractivity contribution in [3.63, 3.8) is 0 Å². The summed E-state index contributed by atoms with van der Waals surface area (Å²) in [5, 5.41) is 54.6. The Morgan fingerprint density at radius 2 is 0.716 bits per heavy atom. The summed E-state index contributed by atoms with van der Waals surface area (Å²) in [5.74, 6) is -0.970. The van der Waals surface area contributed by atoms with Gasteiger partial charge in [0.15, 0.2) is 0 Å². The van der Waals surface area contributed by atoms with Crippen molar-refractivity contribution in [3.8, 4) is 34.5 Å². The van der Waals surface area contributed by atoms with Crippen molar-refractivity contribution in [1.82, 2.24) is 0 Å². The molecular weight excluding hydrogens is 1030 g/mol. The molecule has 81 heavy (non-hydrogen) atoms. The molecule has 0 aliphatic rings. The van der Waals surface area contributed by atoms with Crippen molar-refractivity contribution in [2.24, 2.45) is 30.0 Å². The normalized spacial score (nSPS) is 9.70. The molecule has 0 unspecified atom stereocenters. The van der Waals surface area contributed by atoms with E-state index in [2.05, 4.69) is 30.0 Å². The van der Waals surface area contributed by atoms with Crippen LogP contribution in [0.25, 0.3) is 0 Å². The lowest BCUT2D eigenvalue weighted by Crippen LogP contribution is -1.98. The largest absolute Gasteiger partial charge is 0.508 e. The number of nitrogens with zero attached hydrogens (tertiary/aromatic N) is 6. The fourth-order valence-electron chi connectivity index (χ4n) is 5.49. The average molecular weight is 1120 g/mol. The van der Waals surface area contributed by atoms with Crippen LogP contribution in [0.15, 0.2) is 176 Å². The molecule has 6 aromatic rings. The number of hydrogen-bond donors (Lipinski definition) is 6. The third-order valence-electron chi connectivity index (χ3n) is 8.79. The van der Waals surface area contributed by atoms with Crippen molar-refractivity contribution >= 4 is 72.7 Å². The van der Waals surface area contributed by atoms with Crippen LogP contribution in [0.1, 0.15) is 134 Å². The van der Waals surface area contributed by atoms with E-state index in [1.165, 1.54) is 85.8 Å². The molecule has 6 rings (SSSR count). The lowest BCUT2D eigenvalue weighted by atomic mass is 10.1. The van der Waals surface area contributed by atoms with E-state index in [0.717, 1.165) is 11.1 Å². The number of phenolic OH excluding ortho intramolecular Hbond substituents is 6. The van der Waals surface area contributed by atoms with Crippen LogP contribution in [-0.4, -0.2) is 103 Å². The molecule has 0 fully saturated rings. The fraction of sp³-hybridized carbons (Fsp3) is 0.238. The van der Waals surface area contributed by atoms with Gasteiger partial charge in [0.05, 0.1) is 24.8 Å². The summed E-state index contributed by atoms with van der Waals surface area (Å²) >= 11 is 0. The molecule has 0 radical (unpaired) electrons. The molecule has 0 aliphatic heterocycles. The first kappa shape index (κ1) is 82.5. The average Bonchev–Trinajstić information content (AvgIpc) is 3.37. The van der Waals surface area contributed by atoms with Gasteiger partial charge in [0.1, 0.15) is 34.5 Å². The molecule has 0 saturated carbocycles. The number of para-hydroxylation sites is 2. The first-order chi connectivity index (χ1) is 35.9. The van der Waals surface area contributed by atoms with Gasteiger partial charge in [-0.1, -0.05) is 105 Å². The topological polar surface area (TPSA) is 298 Å². The van der Waals surface area contributed by atoms with E-state index in [9.17, 15) is 39.0 Å². The second kappa shape index (κ2) is 48.5. The number of carbonyl (C=O) groups excluding carboxylic acids is 6. The van der Waals surface area contributed by atoms with Gasteiger partial charge in [-0.25, -0.2) is 30.0 Å². The van der Waals surface area contributed by atoms with Crippen LogP contribution in [0.4, 0.5) is 0 Å². The molecule has 0 aliphatic carbocycles. The molecule has 6 amide bonds. The number of aliphatic imine (C=N–C) groups is 6. The van der Waals surface area contributed by atoms with Crippen molar-refractivity contribution in [3.05, 3.63) is 179 Å². The highest BCUT2D eigenvalue weighted by molar-refractivity contribution is 6.01. The third kappa shape index (κ3) is 36.8. The van der Waals surface area contributed by atoms with E-state index >= 15 is 0 Å². The van der Waals surface area contributed by atoms with Gasteiger partial charge >= 0.3 is 0 Å². The van der Waals surface area contributed by atoms with Crippen molar-refractivity contribution in [2.75, 3.05) is 0 Å². The molecule has 0 bridgehead atoms. The lowest BCUT2D eigenvalue weighted by molar-refractivity contribution is -0.118. The molecule has 0 heterocycles. The molecule has 6 N–H and O–H groups in total. The van der Waals surface area contributed by atoms with E-state index in [-0.39, 0.29) is 133 Å². The fourth-order valence-corrected chi connectivity index (χ4v) is 5.49. The van der Waals surface area contributed by atoms with Gasteiger partial charge in [0, 0.05) is 54.0 Å². The van der Waals surface area contributed by atoms with Gasteiger partial charge < -0.3 is 30.6 Å². The molecule has 0 atom stereocenters. The summed E-state index contributed by atoms with van der Waals surface area (Å²) in [7, 11) is 0. The molecule has 6 aromatic carbocycles. The van der Waals surface area contributed by atoms with Crippen LogP contribution in [0, 0.1) is 0 Å². The predicted octanol–water partition coefficient (Wildman–Crippen LogP) is 13.3. The predicted molar refractivity (Wildman–Crippen MR) is 333 cm³/mol. The van der Waals surface area contributed by atoms with E-state index in [4.69, 9.17) is 20.4 Å². The third-order valence-corrected chi connectivity index (χ3v) is 8.79. The quantitative estimate of drug-likeness (QED) is 0.0737. The van der Waals surface area contributed by atoms with Gasteiger partial charge in [-0.15, -0.1) is 0 Å². The maximum atomic E-state index is 11.1. The van der Waals surface area contributed by atoms with Gasteiger partial charge in [-0.2, -0.15) is 0 Å². The number of amides is 6. The zero-order chi connectivity index (χ0) is 56.0. The highest BCUT2D eigenvalue weighted by Gasteiger charge is 2.08. The van der Waals surface area contributed by atoms with Crippen molar-refractivity contribution in [2.45, 2.75) is 105 Å². The number of phenols is 6. The Hall–Kier alpha value is -9.84. The Kier molecular flexibility index (Phi) is 49.4.